The Morgan fingerprint density at radius 1 is 0.925 bits per heavy atom. The molecule has 3 aromatic carbocycles. The van der Waals surface area contributed by atoms with Crippen LogP contribution in [0, 0.1) is 13.8 Å². The first-order valence-electron chi connectivity index (χ1n) is 13.4. The Bertz CT molecular complexity index is 1400. The molecule has 1 atom stereocenters. The molecule has 3 aromatic rings. The number of aryl methyl sites for hydroxylation is 1. The monoisotopic (exact) mass is 583 g/mol. The van der Waals surface area contributed by atoms with Crippen molar-refractivity contribution in [3.8, 4) is 0 Å². The van der Waals surface area contributed by atoms with E-state index in [1.807, 2.05) is 68.4 Å². The number of benzene rings is 3. The number of nitrogens with zero attached hydrogens (tertiary/aromatic N) is 2. The minimum atomic E-state index is -3.62. The molecule has 7 nitrogen and oxygen atoms in total. The summed E-state index contributed by atoms with van der Waals surface area (Å²) in [5.74, 6) is -0.442. The van der Waals surface area contributed by atoms with E-state index in [0.29, 0.717) is 29.2 Å². The molecule has 0 aromatic heterocycles. The van der Waals surface area contributed by atoms with Crippen LogP contribution in [0.5, 0.6) is 0 Å². The van der Waals surface area contributed by atoms with Crippen molar-refractivity contribution in [3.63, 3.8) is 0 Å². The molecule has 214 valence electrons. The van der Waals surface area contributed by atoms with E-state index < -0.39 is 16.1 Å². The SMILES string of the molecule is CCNC(=O)[C@@H](Cc1ccccc1)N(Cc1ccc(C)cc1)C(=O)CCCN(c1cccc(Cl)c1C)S(C)(=O)=O. The fourth-order valence-corrected chi connectivity index (χ4v) is 5.77. The minimum absolute atomic E-state index is 0.0716. The Balaban J connectivity index is 1.87. The lowest BCUT2D eigenvalue weighted by Gasteiger charge is -2.32. The van der Waals surface area contributed by atoms with Gasteiger partial charge in [-0.3, -0.25) is 13.9 Å². The van der Waals surface area contributed by atoms with E-state index in [9.17, 15) is 18.0 Å². The number of carbonyl (C=O) groups is 2. The first-order valence-corrected chi connectivity index (χ1v) is 15.6. The first-order chi connectivity index (χ1) is 19.0. The molecule has 40 heavy (non-hydrogen) atoms. The molecule has 0 spiro atoms. The summed E-state index contributed by atoms with van der Waals surface area (Å²) >= 11 is 6.26. The Kier molecular flexibility index (Phi) is 11.2. The molecule has 0 saturated carbocycles. The zero-order valence-electron chi connectivity index (χ0n) is 23.6. The van der Waals surface area contributed by atoms with Crippen LogP contribution in [0.2, 0.25) is 5.02 Å². The van der Waals surface area contributed by atoms with Gasteiger partial charge in [0.1, 0.15) is 6.04 Å². The Labute approximate surface area is 243 Å². The standard InChI is InChI=1S/C31H38ClN3O4S/c1-5-33-31(37)29(21-25-11-7-6-8-12-25)34(22-26-18-16-23(2)17-19-26)30(36)15-10-20-35(40(4,38)39)28-14-9-13-27(32)24(28)3/h6-9,11-14,16-19,29H,5,10,15,20-22H2,1-4H3,(H,33,37)/t29-/m1/s1. The normalized spacial score (nSPS) is 12.0. The van der Waals surface area contributed by atoms with Gasteiger partial charge >= 0.3 is 0 Å². The zero-order valence-corrected chi connectivity index (χ0v) is 25.1. The van der Waals surface area contributed by atoms with Crippen molar-refractivity contribution in [2.75, 3.05) is 23.7 Å². The molecule has 0 bridgehead atoms. The van der Waals surface area contributed by atoms with Crippen molar-refractivity contribution < 1.29 is 18.0 Å². The van der Waals surface area contributed by atoms with E-state index in [-0.39, 0.29) is 37.7 Å². The zero-order chi connectivity index (χ0) is 29.3. The average molecular weight is 584 g/mol. The number of carbonyl (C=O) groups excluding carboxylic acids is 2. The predicted octanol–water partition coefficient (Wildman–Crippen LogP) is 5.28. The van der Waals surface area contributed by atoms with E-state index in [4.69, 9.17) is 11.6 Å². The number of hydrogen-bond donors (Lipinski definition) is 1. The van der Waals surface area contributed by atoms with E-state index in [1.165, 1.54) is 4.31 Å². The van der Waals surface area contributed by atoms with Gasteiger partial charge in [0.05, 0.1) is 11.9 Å². The molecule has 0 heterocycles. The van der Waals surface area contributed by atoms with Gasteiger partial charge in [-0.25, -0.2) is 8.42 Å². The van der Waals surface area contributed by atoms with Crippen LogP contribution in [0.4, 0.5) is 5.69 Å². The highest BCUT2D eigenvalue weighted by Crippen LogP contribution is 2.28. The largest absolute Gasteiger partial charge is 0.355 e. The molecule has 9 heteroatoms. The second kappa shape index (κ2) is 14.3. The number of likely N-dealkylation sites (N-methyl/N-ethyl adjacent to an activating group) is 1. The Morgan fingerprint density at radius 2 is 1.60 bits per heavy atom. The van der Waals surface area contributed by atoms with Gasteiger partial charge in [0, 0.05) is 37.5 Å². The molecule has 2 amide bonds. The molecule has 0 unspecified atom stereocenters. The summed E-state index contributed by atoms with van der Waals surface area (Å²) in [6.45, 7) is 6.42. The summed E-state index contributed by atoms with van der Waals surface area (Å²) in [6, 6.07) is 21.9. The maximum atomic E-state index is 13.8. The number of nitrogens with one attached hydrogen (secondary N) is 1. The van der Waals surface area contributed by atoms with Crippen molar-refractivity contribution in [2.45, 2.75) is 52.6 Å². The van der Waals surface area contributed by atoms with Crippen LogP contribution in [0.1, 0.15) is 42.0 Å². The number of rotatable bonds is 13. The number of halogens is 1. The molecule has 0 aliphatic rings. The number of anilines is 1. The van der Waals surface area contributed by atoms with Gasteiger partial charge in [0.25, 0.3) is 0 Å². The topological polar surface area (TPSA) is 86.8 Å². The van der Waals surface area contributed by atoms with Gasteiger partial charge in [-0.05, 0) is 56.0 Å². The second-order valence-corrected chi connectivity index (χ2v) is 12.2. The second-order valence-electron chi connectivity index (χ2n) is 9.93. The van der Waals surface area contributed by atoms with Gasteiger partial charge in [-0.2, -0.15) is 0 Å². The van der Waals surface area contributed by atoms with Crippen LogP contribution in [-0.2, 0) is 32.6 Å². The molecular weight excluding hydrogens is 546 g/mol. The van der Waals surface area contributed by atoms with Crippen molar-refractivity contribution in [3.05, 3.63) is 100 Å². The third-order valence-corrected chi connectivity index (χ3v) is 8.34. The third kappa shape index (κ3) is 8.57. The van der Waals surface area contributed by atoms with Crippen LogP contribution in [0.3, 0.4) is 0 Å². The number of sulfonamides is 1. The maximum Gasteiger partial charge on any atom is 0.243 e. The molecule has 0 aliphatic heterocycles. The van der Waals surface area contributed by atoms with Crippen LogP contribution in [0.25, 0.3) is 0 Å². The van der Waals surface area contributed by atoms with Crippen LogP contribution < -0.4 is 9.62 Å². The highest BCUT2D eigenvalue weighted by Gasteiger charge is 2.30. The van der Waals surface area contributed by atoms with E-state index in [1.54, 1.807) is 30.0 Å². The molecular formula is C31H38ClN3O4S. The van der Waals surface area contributed by atoms with E-state index >= 15 is 0 Å². The summed E-state index contributed by atoms with van der Waals surface area (Å²) in [5.41, 5.74) is 4.10. The predicted molar refractivity (Wildman–Crippen MR) is 162 cm³/mol. The summed E-state index contributed by atoms with van der Waals surface area (Å²) in [7, 11) is -3.62. The van der Waals surface area contributed by atoms with Crippen LogP contribution >= 0.6 is 11.6 Å². The van der Waals surface area contributed by atoms with Gasteiger partial charge in [-0.1, -0.05) is 77.8 Å². The van der Waals surface area contributed by atoms with Crippen LogP contribution in [0.15, 0.2) is 72.8 Å². The van der Waals surface area contributed by atoms with Crippen molar-refractivity contribution >= 4 is 39.1 Å². The third-order valence-electron chi connectivity index (χ3n) is 6.76. The average Bonchev–Trinajstić information content (AvgIpc) is 2.91. The van der Waals surface area contributed by atoms with E-state index in [2.05, 4.69) is 5.32 Å². The summed E-state index contributed by atoms with van der Waals surface area (Å²) < 4.78 is 26.7. The lowest BCUT2D eigenvalue weighted by atomic mass is 10.0. The number of amides is 2. The molecule has 0 saturated heterocycles. The van der Waals surface area contributed by atoms with Gasteiger partial charge in [-0.15, -0.1) is 0 Å². The Hall–Kier alpha value is -3.36. The molecule has 1 N–H and O–H groups in total. The van der Waals surface area contributed by atoms with Gasteiger partial charge in [0.15, 0.2) is 0 Å². The fourth-order valence-electron chi connectivity index (χ4n) is 4.58. The van der Waals surface area contributed by atoms with Crippen molar-refractivity contribution in [2.24, 2.45) is 0 Å². The van der Waals surface area contributed by atoms with Crippen molar-refractivity contribution in [1.29, 1.82) is 0 Å². The summed E-state index contributed by atoms with van der Waals surface area (Å²) in [6.07, 6.45) is 1.85. The quantitative estimate of drug-likeness (QED) is 0.297. The highest BCUT2D eigenvalue weighted by molar-refractivity contribution is 7.92. The fraction of sp³-hybridized carbons (Fsp3) is 0.355. The molecule has 0 radical (unpaired) electrons. The minimum Gasteiger partial charge on any atom is -0.355 e. The molecule has 0 fully saturated rings. The number of hydrogen-bond acceptors (Lipinski definition) is 4. The highest BCUT2D eigenvalue weighted by atomic mass is 35.5. The smallest absolute Gasteiger partial charge is 0.243 e. The molecule has 0 aliphatic carbocycles. The maximum absolute atomic E-state index is 13.8. The first kappa shape index (κ1) is 31.2. The lowest BCUT2D eigenvalue weighted by Crippen LogP contribution is -2.50. The van der Waals surface area contributed by atoms with E-state index in [0.717, 1.165) is 22.9 Å². The molecule has 3 rings (SSSR count). The Morgan fingerprint density at radius 3 is 2.23 bits per heavy atom. The van der Waals surface area contributed by atoms with Gasteiger partial charge < -0.3 is 10.2 Å². The van der Waals surface area contributed by atoms with Crippen molar-refractivity contribution in [1.82, 2.24) is 10.2 Å². The summed E-state index contributed by atoms with van der Waals surface area (Å²) in [5, 5.41) is 3.36. The van der Waals surface area contributed by atoms with Crippen LogP contribution in [-0.4, -0.2) is 50.5 Å². The van der Waals surface area contributed by atoms with Gasteiger partial charge in [0.2, 0.25) is 21.8 Å². The summed E-state index contributed by atoms with van der Waals surface area (Å²) in [4.78, 5) is 28.7. The lowest BCUT2D eigenvalue weighted by molar-refractivity contribution is -0.141.